The maximum atomic E-state index is 4.05. The van der Waals surface area contributed by atoms with Crippen molar-refractivity contribution >= 4 is 11.3 Å². The van der Waals surface area contributed by atoms with Crippen LogP contribution in [0.1, 0.15) is 28.3 Å². The van der Waals surface area contributed by atoms with E-state index in [9.17, 15) is 0 Å². The van der Waals surface area contributed by atoms with E-state index >= 15 is 0 Å². The lowest BCUT2D eigenvalue weighted by Gasteiger charge is -2.14. The van der Waals surface area contributed by atoms with E-state index in [0.717, 1.165) is 6.42 Å². The van der Waals surface area contributed by atoms with Crippen molar-refractivity contribution < 1.29 is 0 Å². The second kappa shape index (κ2) is 5.23. The number of nitrogens with one attached hydrogen (secondary N) is 1. The van der Waals surface area contributed by atoms with Gasteiger partial charge < -0.3 is 5.32 Å². The molecule has 0 amide bonds. The van der Waals surface area contributed by atoms with E-state index in [0.29, 0.717) is 0 Å². The SMILES string of the molecule is CCc1ccc(C(NC)c2ccncc2)s1. The number of aromatic nitrogens is 1. The normalized spacial score (nSPS) is 12.6. The van der Waals surface area contributed by atoms with Gasteiger partial charge in [-0.05, 0) is 43.3 Å². The molecule has 0 radical (unpaired) electrons. The summed E-state index contributed by atoms with van der Waals surface area (Å²) in [6, 6.07) is 8.84. The van der Waals surface area contributed by atoms with Gasteiger partial charge in [-0.15, -0.1) is 11.3 Å². The lowest BCUT2D eigenvalue weighted by Crippen LogP contribution is -2.16. The largest absolute Gasteiger partial charge is 0.309 e. The summed E-state index contributed by atoms with van der Waals surface area (Å²) in [5.41, 5.74) is 1.27. The summed E-state index contributed by atoms with van der Waals surface area (Å²) in [6.07, 6.45) is 4.79. The van der Waals surface area contributed by atoms with Crippen molar-refractivity contribution in [1.29, 1.82) is 0 Å². The highest BCUT2D eigenvalue weighted by molar-refractivity contribution is 7.12. The number of nitrogens with zero attached hydrogens (tertiary/aromatic N) is 1. The summed E-state index contributed by atoms with van der Waals surface area (Å²) in [7, 11) is 2.00. The van der Waals surface area contributed by atoms with Crippen molar-refractivity contribution in [3.8, 4) is 0 Å². The second-order valence-corrected chi connectivity index (χ2v) is 4.86. The third-order valence-corrected chi connectivity index (χ3v) is 3.94. The molecule has 0 bridgehead atoms. The summed E-state index contributed by atoms with van der Waals surface area (Å²) in [5, 5.41) is 3.35. The van der Waals surface area contributed by atoms with Crippen LogP contribution < -0.4 is 5.32 Å². The Morgan fingerprint density at radius 2 is 2.00 bits per heavy atom. The van der Waals surface area contributed by atoms with Gasteiger partial charge in [0.2, 0.25) is 0 Å². The van der Waals surface area contributed by atoms with Crippen LogP contribution in [0.25, 0.3) is 0 Å². The maximum Gasteiger partial charge on any atom is 0.0669 e. The molecule has 0 aliphatic rings. The van der Waals surface area contributed by atoms with Crippen molar-refractivity contribution in [2.24, 2.45) is 0 Å². The first-order valence-electron chi connectivity index (χ1n) is 5.51. The molecule has 2 nitrogen and oxygen atoms in total. The number of hydrogen-bond donors (Lipinski definition) is 1. The number of pyridine rings is 1. The van der Waals surface area contributed by atoms with Crippen LogP contribution in [-0.4, -0.2) is 12.0 Å². The molecule has 0 aliphatic heterocycles. The van der Waals surface area contributed by atoms with Gasteiger partial charge >= 0.3 is 0 Å². The van der Waals surface area contributed by atoms with Gasteiger partial charge in [-0.3, -0.25) is 4.98 Å². The third-order valence-electron chi connectivity index (χ3n) is 2.64. The highest BCUT2D eigenvalue weighted by atomic mass is 32.1. The van der Waals surface area contributed by atoms with Gasteiger partial charge in [-0.25, -0.2) is 0 Å². The highest BCUT2D eigenvalue weighted by Crippen LogP contribution is 2.28. The molecular formula is C13H16N2S. The van der Waals surface area contributed by atoms with Crippen LogP contribution in [-0.2, 0) is 6.42 Å². The monoisotopic (exact) mass is 232 g/mol. The first-order chi connectivity index (χ1) is 7.85. The van der Waals surface area contributed by atoms with Crippen molar-refractivity contribution in [3.63, 3.8) is 0 Å². The lowest BCUT2D eigenvalue weighted by molar-refractivity contribution is 0.703. The number of thiophene rings is 1. The number of aryl methyl sites for hydroxylation is 1. The average molecular weight is 232 g/mol. The highest BCUT2D eigenvalue weighted by Gasteiger charge is 2.13. The summed E-state index contributed by atoms with van der Waals surface area (Å²) in [6.45, 7) is 2.19. The second-order valence-electron chi connectivity index (χ2n) is 3.66. The molecular weight excluding hydrogens is 216 g/mol. The van der Waals surface area contributed by atoms with Crippen LogP contribution in [0.15, 0.2) is 36.7 Å². The van der Waals surface area contributed by atoms with Crippen molar-refractivity contribution in [2.45, 2.75) is 19.4 Å². The predicted molar refractivity (Wildman–Crippen MR) is 68.8 cm³/mol. The zero-order chi connectivity index (χ0) is 11.4. The molecule has 0 aliphatic carbocycles. The average Bonchev–Trinajstić information content (AvgIpc) is 2.80. The standard InChI is InChI=1S/C13H16N2S/c1-3-11-4-5-12(16-11)13(14-2)10-6-8-15-9-7-10/h4-9,13-14H,3H2,1-2H3. The van der Waals surface area contributed by atoms with Crippen molar-refractivity contribution in [2.75, 3.05) is 7.05 Å². The number of rotatable bonds is 4. The van der Waals surface area contributed by atoms with Crippen LogP contribution in [0.3, 0.4) is 0 Å². The van der Waals surface area contributed by atoms with Gasteiger partial charge in [0.25, 0.3) is 0 Å². The zero-order valence-electron chi connectivity index (χ0n) is 9.60. The fraction of sp³-hybridized carbons (Fsp3) is 0.308. The molecule has 1 N–H and O–H groups in total. The minimum absolute atomic E-state index is 0.285. The van der Waals surface area contributed by atoms with Crippen LogP contribution >= 0.6 is 11.3 Å². The van der Waals surface area contributed by atoms with Crippen LogP contribution in [0.5, 0.6) is 0 Å². The summed E-state index contributed by atoms with van der Waals surface area (Å²) < 4.78 is 0. The molecule has 2 rings (SSSR count). The van der Waals surface area contributed by atoms with Crippen LogP contribution in [0, 0.1) is 0 Å². The third kappa shape index (κ3) is 2.31. The Bertz CT molecular complexity index is 436. The Morgan fingerprint density at radius 1 is 1.25 bits per heavy atom. The van der Waals surface area contributed by atoms with E-state index in [2.05, 4.69) is 41.5 Å². The van der Waals surface area contributed by atoms with Gasteiger partial charge in [0, 0.05) is 22.1 Å². The topological polar surface area (TPSA) is 24.9 Å². The Hall–Kier alpha value is -1.19. The maximum absolute atomic E-state index is 4.05. The Labute approximate surface area is 100 Å². The quantitative estimate of drug-likeness (QED) is 0.876. The van der Waals surface area contributed by atoms with Crippen LogP contribution in [0.2, 0.25) is 0 Å². The molecule has 2 aromatic heterocycles. The Morgan fingerprint density at radius 3 is 2.56 bits per heavy atom. The molecule has 1 atom stereocenters. The molecule has 3 heteroatoms. The van der Waals surface area contributed by atoms with Crippen molar-refractivity contribution in [1.82, 2.24) is 10.3 Å². The molecule has 2 aromatic rings. The smallest absolute Gasteiger partial charge is 0.0669 e. The molecule has 0 aromatic carbocycles. The van der Waals surface area contributed by atoms with E-state index in [1.54, 1.807) is 0 Å². The summed E-state index contributed by atoms with van der Waals surface area (Å²) >= 11 is 1.88. The fourth-order valence-corrected chi connectivity index (χ4v) is 2.86. The molecule has 1 unspecified atom stereocenters. The van der Waals surface area contributed by atoms with E-state index in [4.69, 9.17) is 0 Å². The number of hydrogen-bond acceptors (Lipinski definition) is 3. The summed E-state index contributed by atoms with van der Waals surface area (Å²) in [4.78, 5) is 6.85. The molecule has 2 heterocycles. The van der Waals surface area contributed by atoms with E-state index in [1.165, 1.54) is 15.3 Å². The zero-order valence-corrected chi connectivity index (χ0v) is 10.4. The molecule has 84 valence electrons. The van der Waals surface area contributed by atoms with Crippen molar-refractivity contribution in [3.05, 3.63) is 52.0 Å². The first kappa shape index (κ1) is 11.3. The molecule has 16 heavy (non-hydrogen) atoms. The summed E-state index contributed by atoms with van der Waals surface area (Å²) in [5.74, 6) is 0. The van der Waals surface area contributed by atoms with E-state index in [1.807, 2.05) is 30.8 Å². The van der Waals surface area contributed by atoms with Gasteiger partial charge in [0.15, 0.2) is 0 Å². The lowest BCUT2D eigenvalue weighted by atomic mass is 10.1. The van der Waals surface area contributed by atoms with Gasteiger partial charge in [-0.2, -0.15) is 0 Å². The first-order valence-corrected chi connectivity index (χ1v) is 6.32. The predicted octanol–water partition coefficient (Wildman–Crippen LogP) is 3.01. The van der Waals surface area contributed by atoms with Crippen LogP contribution in [0.4, 0.5) is 0 Å². The minimum Gasteiger partial charge on any atom is -0.309 e. The van der Waals surface area contributed by atoms with E-state index < -0.39 is 0 Å². The minimum atomic E-state index is 0.285. The fourth-order valence-electron chi connectivity index (χ4n) is 1.77. The van der Waals surface area contributed by atoms with E-state index in [-0.39, 0.29) is 6.04 Å². The van der Waals surface area contributed by atoms with Gasteiger partial charge in [0.05, 0.1) is 6.04 Å². The Kier molecular flexibility index (Phi) is 3.70. The molecule has 0 spiro atoms. The molecule has 0 saturated heterocycles. The van der Waals surface area contributed by atoms with Gasteiger partial charge in [0.1, 0.15) is 0 Å². The Balaban J connectivity index is 2.29. The molecule has 0 saturated carbocycles. The molecule has 0 fully saturated rings. The van der Waals surface area contributed by atoms with Gasteiger partial charge in [-0.1, -0.05) is 6.92 Å².